The quantitative estimate of drug-likeness (QED) is 0.841. The lowest BCUT2D eigenvalue weighted by atomic mass is 9.78. The van der Waals surface area contributed by atoms with Crippen molar-refractivity contribution in [2.24, 2.45) is 5.92 Å². The van der Waals surface area contributed by atoms with E-state index in [2.05, 4.69) is 10.2 Å². The molecule has 2 fully saturated rings. The summed E-state index contributed by atoms with van der Waals surface area (Å²) < 4.78 is 0. The van der Waals surface area contributed by atoms with Crippen LogP contribution in [0.1, 0.15) is 45.4 Å². The van der Waals surface area contributed by atoms with Crippen LogP contribution in [0.2, 0.25) is 0 Å². The van der Waals surface area contributed by atoms with Gasteiger partial charge in [0.2, 0.25) is 11.8 Å². The molecule has 0 radical (unpaired) electrons. The third kappa shape index (κ3) is 4.32. The van der Waals surface area contributed by atoms with E-state index in [4.69, 9.17) is 0 Å². The van der Waals surface area contributed by atoms with Crippen LogP contribution >= 0.6 is 11.8 Å². The molecule has 1 aromatic rings. The van der Waals surface area contributed by atoms with Crippen LogP contribution in [0.15, 0.2) is 29.2 Å². The molecule has 3 rings (SSSR count). The number of rotatable bonds is 4. The van der Waals surface area contributed by atoms with Crippen molar-refractivity contribution >= 4 is 29.3 Å². The second kappa shape index (κ2) is 8.06. The summed E-state index contributed by atoms with van der Waals surface area (Å²) in [6.45, 7) is 2.43. The van der Waals surface area contributed by atoms with Crippen molar-refractivity contribution in [3.8, 4) is 0 Å². The topological polar surface area (TPSA) is 49.4 Å². The van der Waals surface area contributed by atoms with Crippen molar-refractivity contribution in [3.05, 3.63) is 24.3 Å². The van der Waals surface area contributed by atoms with Gasteiger partial charge in [0.1, 0.15) is 0 Å². The zero-order chi connectivity index (χ0) is 16.9. The lowest BCUT2D eigenvalue weighted by molar-refractivity contribution is -0.134. The van der Waals surface area contributed by atoms with Gasteiger partial charge in [-0.05, 0) is 55.9 Å². The molecule has 2 atom stereocenters. The van der Waals surface area contributed by atoms with Gasteiger partial charge < -0.3 is 10.2 Å². The van der Waals surface area contributed by atoms with Gasteiger partial charge in [0.15, 0.2) is 0 Å². The van der Waals surface area contributed by atoms with Gasteiger partial charge in [0, 0.05) is 30.1 Å². The molecule has 1 aliphatic heterocycles. The van der Waals surface area contributed by atoms with Gasteiger partial charge in [-0.2, -0.15) is 0 Å². The minimum absolute atomic E-state index is 0.0716. The molecule has 0 aromatic heterocycles. The Labute approximate surface area is 148 Å². The van der Waals surface area contributed by atoms with Crippen molar-refractivity contribution in [1.82, 2.24) is 4.90 Å². The summed E-state index contributed by atoms with van der Waals surface area (Å²) in [5.41, 5.74) is 0.791. The van der Waals surface area contributed by atoms with Crippen LogP contribution in [-0.2, 0) is 9.59 Å². The van der Waals surface area contributed by atoms with E-state index >= 15 is 0 Å². The molecule has 1 saturated heterocycles. The van der Waals surface area contributed by atoms with Gasteiger partial charge in [-0.1, -0.05) is 12.8 Å². The Morgan fingerprint density at radius 2 is 1.83 bits per heavy atom. The molecule has 1 heterocycles. The maximum Gasteiger partial charge on any atom is 0.233 e. The minimum atomic E-state index is -0.0716. The third-order valence-electron chi connectivity index (χ3n) is 5.10. The number of benzene rings is 1. The Hall–Kier alpha value is -1.49. The fourth-order valence-corrected chi connectivity index (χ4v) is 4.78. The number of fused-ring (bicyclic) bond motifs is 1. The Morgan fingerprint density at radius 3 is 2.58 bits per heavy atom. The first-order valence-corrected chi connectivity index (χ1v) is 9.92. The Bertz CT molecular complexity index is 586. The molecule has 0 spiro atoms. The number of hydrogen-bond donors (Lipinski definition) is 1. The van der Waals surface area contributed by atoms with E-state index in [-0.39, 0.29) is 11.8 Å². The fraction of sp³-hybridized carbons (Fsp3) is 0.579. The number of piperidine rings is 1. The van der Waals surface area contributed by atoms with Crippen LogP contribution in [-0.4, -0.2) is 35.1 Å². The maximum atomic E-state index is 12.7. The van der Waals surface area contributed by atoms with E-state index in [9.17, 15) is 9.59 Å². The molecule has 2 unspecified atom stereocenters. The minimum Gasteiger partial charge on any atom is -0.339 e. The van der Waals surface area contributed by atoms with Crippen molar-refractivity contribution < 1.29 is 9.59 Å². The molecule has 130 valence electrons. The van der Waals surface area contributed by atoms with Crippen molar-refractivity contribution in [2.75, 3.05) is 17.6 Å². The van der Waals surface area contributed by atoms with Crippen LogP contribution in [0.3, 0.4) is 0 Å². The molecule has 0 bridgehead atoms. The molecular formula is C19H26N2O2S. The largest absolute Gasteiger partial charge is 0.339 e. The third-order valence-corrected chi connectivity index (χ3v) is 6.10. The van der Waals surface area contributed by atoms with E-state index in [1.807, 2.05) is 24.3 Å². The highest BCUT2D eigenvalue weighted by molar-refractivity contribution is 8.00. The summed E-state index contributed by atoms with van der Waals surface area (Å²) in [7, 11) is 0. The number of likely N-dealkylation sites (tertiary alicyclic amines) is 1. The van der Waals surface area contributed by atoms with E-state index in [0.717, 1.165) is 29.5 Å². The molecule has 2 amide bonds. The van der Waals surface area contributed by atoms with E-state index in [1.165, 1.54) is 39.0 Å². The standard InChI is InChI=1S/C19H26N2O2S/c1-14(22)20-16-8-10-17(11-9-16)24-13-19(23)21-12-4-6-15-5-2-3-7-18(15)21/h8-11,15,18H,2-7,12-13H2,1H3,(H,20,22). The van der Waals surface area contributed by atoms with Crippen LogP contribution in [0.5, 0.6) is 0 Å². The SMILES string of the molecule is CC(=O)Nc1ccc(SCC(=O)N2CCCC3CCCCC32)cc1. The van der Waals surface area contributed by atoms with Crippen LogP contribution in [0, 0.1) is 5.92 Å². The first-order chi connectivity index (χ1) is 11.6. The second-order valence-electron chi connectivity index (χ2n) is 6.84. The number of anilines is 1. The number of nitrogens with zero attached hydrogens (tertiary/aromatic N) is 1. The number of hydrogen-bond acceptors (Lipinski definition) is 3. The molecule has 5 heteroatoms. The lowest BCUT2D eigenvalue weighted by Gasteiger charge is -2.44. The van der Waals surface area contributed by atoms with Gasteiger partial charge >= 0.3 is 0 Å². The first-order valence-electron chi connectivity index (χ1n) is 8.93. The zero-order valence-corrected chi connectivity index (χ0v) is 15.1. The highest BCUT2D eigenvalue weighted by Gasteiger charge is 2.35. The summed E-state index contributed by atoms with van der Waals surface area (Å²) in [6, 6.07) is 8.17. The summed E-state index contributed by atoms with van der Waals surface area (Å²) in [5, 5.41) is 2.76. The summed E-state index contributed by atoms with van der Waals surface area (Å²) in [6.07, 6.45) is 7.54. The average Bonchev–Trinajstić information content (AvgIpc) is 2.60. The Kier molecular flexibility index (Phi) is 5.82. The van der Waals surface area contributed by atoms with Crippen LogP contribution in [0.4, 0.5) is 5.69 Å². The fourth-order valence-electron chi connectivity index (χ4n) is 4.00. The molecule has 1 aromatic carbocycles. The number of carbonyl (C=O) groups excluding carboxylic acids is 2. The molecule has 1 saturated carbocycles. The highest BCUT2D eigenvalue weighted by atomic mass is 32.2. The average molecular weight is 346 g/mol. The maximum absolute atomic E-state index is 12.7. The molecule has 1 aliphatic carbocycles. The Morgan fingerprint density at radius 1 is 1.12 bits per heavy atom. The van der Waals surface area contributed by atoms with Crippen LogP contribution in [0.25, 0.3) is 0 Å². The summed E-state index contributed by atoms with van der Waals surface area (Å²) >= 11 is 1.59. The smallest absolute Gasteiger partial charge is 0.233 e. The number of thioether (sulfide) groups is 1. The molecule has 1 N–H and O–H groups in total. The van der Waals surface area contributed by atoms with Gasteiger partial charge in [-0.3, -0.25) is 9.59 Å². The zero-order valence-electron chi connectivity index (χ0n) is 14.3. The lowest BCUT2D eigenvalue weighted by Crippen LogP contribution is -2.50. The number of carbonyl (C=O) groups is 2. The normalized spacial score (nSPS) is 23.5. The Balaban J connectivity index is 1.54. The van der Waals surface area contributed by atoms with Crippen LogP contribution < -0.4 is 5.32 Å². The monoisotopic (exact) mass is 346 g/mol. The predicted molar refractivity (Wildman–Crippen MR) is 98.2 cm³/mol. The van der Waals surface area contributed by atoms with Crippen molar-refractivity contribution in [3.63, 3.8) is 0 Å². The number of nitrogens with one attached hydrogen (secondary N) is 1. The molecule has 2 aliphatic rings. The molecule has 24 heavy (non-hydrogen) atoms. The van der Waals surface area contributed by atoms with Gasteiger partial charge in [-0.25, -0.2) is 0 Å². The highest BCUT2D eigenvalue weighted by Crippen LogP contribution is 2.35. The summed E-state index contributed by atoms with van der Waals surface area (Å²) in [4.78, 5) is 26.9. The van der Waals surface area contributed by atoms with Crippen molar-refractivity contribution in [1.29, 1.82) is 0 Å². The van der Waals surface area contributed by atoms with E-state index in [0.29, 0.717) is 11.8 Å². The first kappa shape index (κ1) is 17.3. The number of amides is 2. The summed E-state index contributed by atoms with van der Waals surface area (Å²) in [5.74, 6) is 1.45. The predicted octanol–water partition coefficient (Wildman–Crippen LogP) is 3.92. The molecular weight excluding hydrogens is 320 g/mol. The second-order valence-corrected chi connectivity index (χ2v) is 7.88. The van der Waals surface area contributed by atoms with Gasteiger partial charge in [0.05, 0.1) is 5.75 Å². The van der Waals surface area contributed by atoms with Gasteiger partial charge in [-0.15, -0.1) is 11.8 Å². The molecule has 4 nitrogen and oxygen atoms in total. The van der Waals surface area contributed by atoms with Gasteiger partial charge in [0.25, 0.3) is 0 Å². The van der Waals surface area contributed by atoms with Crippen molar-refractivity contribution in [2.45, 2.75) is 56.4 Å². The van der Waals surface area contributed by atoms with E-state index in [1.54, 1.807) is 11.8 Å². The van der Waals surface area contributed by atoms with E-state index < -0.39 is 0 Å².